The van der Waals surface area contributed by atoms with Gasteiger partial charge >= 0.3 is 0 Å². The Labute approximate surface area is 119 Å². The van der Waals surface area contributed by atoms with Gasteiger partial charge in [0.05, 0.1) is 17.5 Å². The molecule has 106 valence electrons. The summed E-state index contributed by atoms with van der Waals surface area (Å²) in [5.41, 5.74) is 0.969. The summed E-state index contributed by atoms with van der Waals surface area (Å²) in [4.78, 5) is 0. The van der Waals surface area contributed by atoms with Crippen molar-refractivity contribution in [1.29, 1.82) is 0 Å². The maximum atomic E-state index is 11.0. The summed E-state index contributed by atoms with van der Waals surface area (Å²) in [7, 11) is 1.71. The molecule has 0 aliphatic heterocycles. The molecule has 1 aromatic heterocycles. The van der Waals surface area contributed by atoms with Crippen LogP contribution in [0.1, 0.15) is 31.4 Å². The number of benzene rings is 1. The van der Waals surface area contributed by atoms with Crippen molar-refractivity contribution < 1.29 is 9.84 Å². The van der Waals surface area contributed by atoms with Crippen molar-refractivity contribution in [2.75, 3.05) is 7.11 Å². The Morgan fingerprint density at radius 1 is 1.30 bits per heavy atom. The molecule has 3 rings (SSSR count). The predicted molar refractivity (Wildman–Crippen MR) is 76.7 cm³/mol. The number of hydrogen-bond donors (Lipinski definition) is 1. The first kappa shape index (κ1) is 13.3. The minimum absolute atomic E-state index is 0.118. The number of hydrogen-bond acceptors (Lipinski definition) is 3. The number of nitrogens with zero attached hydrogens (tertiary/aromatic N) is 2. The van der Waals surface area contributed by atoms with Gasteiger partial charge in [-0.05, 0) is 37.5 Å². The predicted octanol–water partition coefficient (Wildman–Crippen LogP) is 2.65. The summed E-state index contributed by atoms with van der Waals surface area (Å²) < 4.78 is 7.27. The Morgan fingerprint density at radius 3 is 2.85 bits per heavy atom. The average molecular weight is 272 g/mol. The molecule has 2 atom stereocenters. The first-order valence-electron chi connectivity index (χ1n) is 7.08. The molecular formula is C16H20N2O2. The number of para-hydroxylation sites is 1. The second-order valence-electron chi connectivity index (χ2n) is 5.45. The molecule has 0 radical (unpaired) electrons. The molecule has 4 heteroatoms. The van der Waals surface area contributed by atoms with E-state index in [-0.39, 0.29) is 6.10 Å². The van der Waals surface area contributed by atoms with Crippen molar-refractivity contribution >= 4 is 0 Å². The molecule has 0 saturated heterocycles. The fraction of sp³-hybridized carbons (Fsp3) is 0.438. The lowest BCUT2D eigenvalue weighted by atomic mass is 9.80. The lowest BCUT2D eigenvalue weighted by Gasteiger charge is -2.36. The van der Waals surface area contributed by atoms with Gasteiger partial charge in [0.25, 0.3) is 0 Å². The number of ether oxygens (including phenoxy) is 1. The topological polar surface area (TPSA) is 47.3 Å². The highest BCUT2D eigenvalue weighted by Crippen LogP contribution is 2.38. The lowest BCUT2D eigenvalue weighted by molar-refractivity contribution is -0.0670. The van der Waals surface area contributed by atoms with Crippen LogP contribution >= 0.6 is 0 Å². The smallest absolute Gasteiger partial charge is 0.109 e. The zero-order chi connectivity index (χ0) is 14.0. The molecule has 2 unspecified atom stereocenters. The van der Waals surface area contributed by atoms with Gasteiger partial charge in [-0.1, -0.05) is 18.2 Å². The van der Waals surface area contributed by atoms with Crippen LogP contribution in [0, 0.1) is 0 Å². The van der Waals surface area contributed by atoms with E-state index in [1.807, 2.05) is 41.1 Å². The Hall–Kier alpha value is -1.65. The SMILES string of the molecule is COC1CCCC(O)(c2ccnn2-c2ccccc2)C1. The van der Waals surface area contributed by atoms with Crippen LogP contribution in [0.5, 0.6) is 0 Å². The molecule has 1 aliphatic carbocycles. The summed E-state index contributed by atoms with van der Waals surface area (Å²) in [6.07, 6.45) is 5.23. The van der Waals surface area contributed by atoms with Gasteiger partial charge < -0.3 is 9.84 Å². The monoisotopic (exact) mass is 272 g/mol. The van der Waals surface area contributed by atoms with Crippen LogP contribution in [0.15, 0.2) is 42.6 Å². The molecule has 1 N–H and O–H groups in total. The van der Waals surface area contributed by atoms with Gasteiger partial charge in [0.1, 0.15) is 5.60 Å². The van der Waals surface area contributed by atoms with E-state index in [1.54, 1.807) is 13.3 Å². The van der Waals surface area contributed by atoms with E-state index in [9.17, 15) is 5.11 Å². The van der Waals surface area contributed by atoms with Crippen LogP contribution < -0.4 is 0 Å². The third-order valence-corrected chi connectivity index (χ3v) is 4.14. The van der Waals surface area contributed by atoms with E-state index in [2.05, 4.69) is 5.10 Å². The van der Waals surface area contributed by atoms with Gasteiger partial charge in [-0.25, -0.2) is 4.68 Å². The van der Waals surface area contributed by atoms with Crippen LogP contribution in [0.25, 0.3) is 5.69 Å². The largest absolute Gasteiger partial charge is 0.383 e. The van der Waals surface area contributed by atoms with Crippen molar-refractivity contribution in [3.05, 3.63) is 48.3 Å². The molecule has 1 saturated carbocycles. The zero-order valence-corrected chi connectivity index (χ0v) is 11.7. The number of rotatable bonds is 3. The highest BCUT2D eigenvalue weighted by atomic mass is 16.5. The Morgan fingerprint density at radius 2 is 2.10 bits per heavy atom. The molecule has 1 heterocycles. The summed E-state index contributed by atoms with van der Waals surface area (Å²) in [6.45, 7) is 0. The van der Waals surface area contributed by atoms with E-state index in [0.717, 1.165) is 30.6 Å². The van der Waals surface area contributed by atoms with Gasteiger partial charge in [0.15, 0.2) is 0 Å². The van der Waals surface area contributed by atoms with E-state index >= 15 is 0 Å². The molecule has 0 bridgehead atoms. The van der Waals surface area contributed by atoms with Gasteiger partial charge in [-0.15, -0.1) is 0 Å². The molecule has 2 aromatic rings. The van der Waals surface area contributed by atoms with E-state index in [0.29, 0.717) is 6.42 Å². The Balaban J connectivity index is 1.97. The van der Waals surface area contributed by atoms with Crippen LogP contribution in [-0.2, 0) is 10.3 Å². The minimum atomic E-state index is -0.856. The molecule has 20 heavy (non-hydrogen) atoms. The fourth-order valence-corrected chi connectivity index (χ4v) is 3.07. The standard InChI is InChI=1S/C16H20N2O2/c1-20-14-8-5-10-16(19,12-14)15-9-11-17-18(15)13-6-3-2-4-7-13/h2-4,6-7,9,11,14,19H,5,8,10,12H2,1H3. The maximum absolute atomic E-state index is 11.0. The van der Waals surface area contributed by atoms with Crippen LogP contribution in [0.2, 0.25) is 0 Å². The zero-order valence-electron chi connectivity index (χ0n) is 11.7. The van der Waals surface area contributed by atoms with E-state index in [1.165, 1.54) is 0 Å². The lowest BCUT2D eigenvalue weighted by Crippen LogP contribution is -2.37. The van der Waals surface area contributed by atoms with Gasteiger partial charge in [-0.3, -0.25) is 0 Å². The van der Waals surface area contributed by atoms with Crippen molar-refractivity contribution in [3.8, 4) is 5.69 Å². The van der Waals surface area contributed by atoms with E-state index < -0.39 is 5.60 Å². The summed E-state index contributed by atoms with van der Waals surface area (Å²) in [5.74, 6) is 0. The van der Waals surface area contributed by atoms with Gasteiger partial charge in [0, 0.05) is 19.7 Å². The molecular weight excluding hydrogens is 252 g/mol. The molecule has 0 amide bonds. The molecule has 0 spiro atoms. The van der Waals surface area contributed by atoms with Crippen molar-refractivity contribution in [3.63, 3.8) is 0 Å². The van der Waals surface area contributed by atoms with Crippen LogP contribution in [-0.4, -0.2) is 28.1 Å². The third kappa shape index (κ3) is 2.37. The molecule has 1 fully saturated rings. The molecule has 4 nitrogen and oxygen atoms in total. The average Bonchev–Trinajstić information content (AvgIpc) is 2.98. The fourth-order valence-electron chi connectivity index (χ4n) is 3.07. The van der Waals surface area contributed by atoms with Crippen LogP contribution in [0.3, 0.4) is 0 Å². The minimum Gasteiger partial charge on any atom is -0.383 e. The first-order valence-corrected chi connectivity index (χ1v) is 7.08. The second-order valence-corrected chi connectivity index (χ2v) is 5.45. The van der Waals surface area contributed by atoms with E-state index in [4.69, 9.17) is 4.74 Å². The van der Waals surface area contributed by atoms with Crippen molar-refractivity contribution in [1.82, 2.24) is 9.78 Å². The first-order chi connectivity index (χ1) is 9.73. The van der Waals surface area contributed by atoms with Gasteiger partial charge in [0.2, 0.25) is 0 Å². The van der Waals surface area contributed by atoms with Crippen molar-refractivity contribution in [2.45, 2.75) is 37.4 Å². The normalized spacial score (nSPS) is 26.6. The third-order valence-electron chi connectivity index (χ3n) is 4.14. The molecule has 1 aromatic carbocycles. The van der Waals surface area contributed by atoms with Crippen LogP contribution in [0.4, 0.5) is 0 Å². The highest BCUT2D eigenvalue weighted by Gasteiger charge is 2.38. The Bertz CT molecular complexity index is 567. The quantitative estimate of drug-likeness (QED) is 0.934. The highest BCUT2D eigenvalue weighted by molar-refractivity contribution is 5.34. The number of aromatic nitrogens is 2. The second kappa shape index (κ2) is 5.38. The number of methoxy groups -OCH3 is 1. The number of aliphatic hydroxyl groups is 1. The molecule has 1 aliphatic rings. The maximum Gasteiger partial charge on any atom is 0.109 e. The summed E-state index contributed by atoms with van der Waals surface area (Å²) >= 11 is 0. The Kier molecular flexibility index (Phi) is 3.59. The van der Waals surface area contributed by atoms with Crippen molar-refractivity contribution in [2.24, 2.45) is 0 Å². The summed E-state index contributed by atoms with van der Waals surface area (Å²) in [5, 5.41) is 15.4. The summed E-state index contributed by atoms with van der Waals surface area (Å²) in [6, 6.07) is 11.8. The van der Waals surface area contributed by atoms with Gasteiger partial charge in [-0.2, -0.15) is 5.10 Å².